The average Bonchev–Trinajstić information content (AvgIpc) is 2.48. The van der Waals surface area contributed by atoms with Gasteiger partial charge in [0.2, 0.25) is 6.04 Å². The van der Waals surface area contributed by atoms with Crippen molar-refractivity contribution in [2.45, 2.75) is 57.0 Å². The summed E-state index contributed by atoms with van der Waals surface area (Å²) in [5.41, 5.74) is 0. The molecular weight excluding hydrogens is 283 g/mol. The summed E-state index contributed by atoms with van der Waals surface area (Å²) in [6.07, 6.45) is 1.39. The minimum absolute atomic E-state index is 0.0548. The zero-order valence-electron chi connectivity index (χ0n) is 12.2. The summed E-state index contributed by atoms with van der Waals surface area (Å²) in [6.45, 7) is 0.846. The molecule has 1 rings (SSSR count). The van der Waals surface area contributed by atoms with Gasteiger partial charge in [-0.25, -0.2) is 0 Å². The van der Waals surface area contributed by atoms with Crippen LogP contribution in [0.4, 0.5) is 0 Å². The minimum atomic E-state index is -1.19. The van der Waals surface area contributed by atoms with Crippen LogP contribution in [0.1, 0.15) is 38.5 Å². The Morgan fingerprint density at radius 1 is 1.48 bits per heavy atom. The first-order chi connectivity index (χ1) is 10.0. The number of aliphatic hydroxyl groups excluding tert-OH is 1. The second-order valence-electron chi connectivity index (χ2n) is 4.99. The molecule has 8 heteroatoms. The van der Waals surface area contributed by atoms with Crippen LogP contribution >= 0.6 is 0 Å². The third kappa shape index (κ3) is 6.83. The fourth-order valence-corrected chi connectivity index (χ4v) is 2.16. The van der Waals surface area contributed by atoms with E-state index in [0.717, 1.165) is 19.3 Å². The summed E-state index contributed by atoms with van der Waals surface area (Å²) >= 11 is 0. The molecular formula is C13H23NO7. The van der Waals surface area contributed by atoms with E-state index in [-0.39, 0.29) is 32.2 Å². The van der Waals surface area contributed by atoms with E-state index >= 15 is 0 Å². The summed E-state index contributed by atoms with van der Waals surface area (Å²) in [5, 5.41) is 20.8. The van der Waals surface area contributed by atoms with Crippen molar-refractivity contribution in [1.29, 1.82) is 0 Å². The molecule has 8 nitrogen and oxygen atoms in total. The number of nitro groups is 1. The van der Waals surface area contributed by atoms with Crippen LogP contribution in [0.3, 0.4) is 0 Å². The Labute approximate surface area is 123 Å². The Morgan fingerprint density at radius 2 is 2.24 bits per heavy atom. The lowest BCUT2D eigenvalue weighted by Gasteiger charge is -2.23. The van der Waals surface area contributed by atoms with E-state index in [1.807, 2.05) is 0 Å². The van der Waals surface area contributed by atoms with Crippen LogP contribution in [0.25, 0.3) is 0 Å². The van der Waals surface area contributed by atoms with Crippen LogP contribution in [0, 0.1) is 10.1 Å². The number of rotatable bonds is 9. The van der Waals surface area contributed by atoms with Gasteiger partial charge in [-0.3, -0.25) is 14.9 Å². The van der Waals surface area contributed by atoms with Crippen molar-refractivity contribution in [3.05, 3.63) is 10.1 Å². The van der Waals surface area contributed by atoms with Gasteiger partial charge in [0.1, 0.15) is 6.10 Å². The molecule has 3 atom stereocenters. The summed E-state index contributed by atoms with van der Waals surface area (Å²) in [4.78, 5) is 21.4. The van der Waals surface area contributed by atoms with Gasteiger partial charge in [0.05, 0.1) is 20.1 Å². The van der Waals surface area contributed by atoms with E-state index in [9.17, 15) is 20.0 Å². The van der Waals surface area contributed by atoms with Crippen molar-refractivity contribution in [2.75, 3.05) is 20.3 Å². The number of carbonyl (C=O) groups is 1. The Balaban J connectivity index is 2.29. The van der Waals surface area contributed by atoms with Crippen LogP contribution in [-0.4, -0.2) is 54.8 Å². The average molecular weight is 306 g/mol. The molecule has 1 aliphatic rings. The Kier molecular flexibility index (Phi) is 8.17. The molecule has 0 aliphatic carbocycles. The molecule has 3 unspecified atom stereocenters. The fourth-order valence-electron chi connectivity index (χ4n) is 2.16. The smallest absolute Gasteiger partial charge is 0.305 e. The zero-order valence-corrected chi connectivity index (χ0v) is 12.2. The molecule has 1 N–H and O–H groups in total. The first-order valence-electron chi connectivity index (χ1n) is 7.16. The van der Waals surface area contributed by atoms with Crippen molar-refractivity contribution >= 4 is 5.97 Å². The van der Waals surface area contributed by atoms with Crippen molar-refractivity contribution in [3.63, 3.8) is 0 Å². The molecule has 0 radical (unpaired) electrons. The third-order valence-corrected chi connectivity index (χ3v) is 3.44. The first-order valence-corrected chi connectivity index (χ1v) is 7.16. The number of esters is 1. The third-order valence-electron chi connectivity index (χ3n) is 3.44. The quantitative estimate of drug-likeness (QED) is 0.291. The largest absolute Gasteiger partial charge is 0.469 e. The molecule has 1 fully saturated rings. The number of aliphatic hydroxyl groups is 1. The first kappa shape index (κ1) is 17.8. The zero-order chi connectivity index (χ0) is 15.7. The van der Waals surface area contributed by atoms with Gasteiger partial charge in [-0.2, -0.15) is 0 Å². The summed E-state index contributed by atoms with van der Waals surface area (Å²) in [6, 6.07) is -1.19. The molecule has 21 heavy (non-hydrogen) atoms. The summed E-state index contributed by atoms with van der Waals surface area (Å²) in [5.74, 6) is -0.527. The number of hydrogen-bond acceptors (Lipinski definition) is 7. The Hall–Kier alpha value is -1.25. The maximum atomic E-state index is 11.0. The summed E-state index contributed by atoms with van der Waals surface area (Å²) < 4.78 is 15.2. The fraction of sp³-hybridized carbons (Fsp3) is 0.923. The van der Waals surface area contributed by atoms with Gasteiger partial charge in [-0.15, -0.1) is 0 Å². The highest BCUT2D eigenvalue weighted by Gasteiger charge is 2.30. The normalized spacial score (nSPS) is 21.5. The van der Waals surface area contributed by atoms with Gasteiger partial charge in [-0.1, -0.05) is 0 Å². The van der Waals surface area contributed by atoms with E-state index in [4.69, 9.17) is 9.47 Å². The highest BCUT2D eigenvalue weighted by Crippen LogP contribution is 2.15. The number of methoxy groups -OCH3 is 1. The second-order valence-corrected chi connectivity index (χ2v) is 4.99. The van der Waals surface area contributed by atoms with Gasteiger partial charge >= 0.3 is 5.97 Å². The van der Waals surface area contributed by atoms with Gasteiger partial charge in [0, 0.05) is 24.4 Å². The van der Waals surface area contributed by atoms with E-state index in [0.29, 0.717) is 6.61 Å². The monoisotopic (exact) mass is 306 g/mol. The molecule has 0 aromatic rings. The maximum absolute atomic E-state index is 11.0. The Bertz CT molecular complexity index is 330. The number of nitrogens with zero attached hydrogens (tertiary/aromatic N) is 1. The Morgan fingerprint density at radius 3 is 2.81 bits per heavy atom. The lowest BCUT2D eigenvalue weighted by atomic mass is 10.2. The molecule has 0 amide bonds. The van der Waals surface area contributed by atoms with Gasteiger partial charge < -0.3 is 19.3 Å². The van der Waals surface area contributed by atoms with E-state index in [2.05, 4.69) is 4.74 Å². The molecule has 122 valence electrons. The molecule has 1 aliphatic heterocycles. The maximum Gasteiger partial charge on any atom is 0.305 e. The number of hydrogen-bond donors (Lipinski definition) is 1. The van der Waals surface area contributed by atoms with E-state index in [1.165, 1.54) is 7.11 Å². The van der Waals surface area contributed by atoms with Crippen LogP contribution in [-0.2, 0) is 19.0 Å². The molecule has 1 heterocycles. The lowest BCUT2D eigenvalue weighted by molar-refractivity contribution is -0.535. The second kappa shape index (κ2) is 9.64. The molecule has 0 bridgehead atoms. The van der Waals surface area contributed by atoms with Crippen molar-refractivity contribution in [2.24, 2.45) is 0 Å². The van der Waals surface area contributed by atoms with Gasteiger partial charge in [0.15, 0.2) is 6.29 Å². The van der Waals surface area contributed by atoms with Crippen LogP contribution in [0.2, 0.25) is 0 Å². The standard InChI is InChI=1S/C13H23NO7/c1-19-12(16)6-5-10(14(17)18)11(15)7-9-21-13-4-2-3-8-20-13/h10-11,13,15H,2-9H2,1H3/i10+1. The summed E-state index contributed by atoms with van der Waals surface area (Å²) in [7, 11) is 1.22. The van der Waals surface area contributed by atoms with Gasteiger partial charge in [0.25, 0.3) is 0 Å². The van der Waals surface area contributed by atoms with Gasteiger partial charge in [-0.05, 0) is 19.3 Å². The molecule has 0 spiro atoms. The molecule has 0 aromatic heterocycles. The predicted molar refractivity (Wildman–Crippen MR) is 72.2 cm³/mol. The number of ether oxygens (including phenoxy) is 3. The molecule has 1 saturated heterocycles. The van der Waals surface area contributed by atoms with Crippen LogP contribution in [0.5, 0.6) is 0 Å². The van der Waals surface area contributed by atoms with Crippen molar-refractivity contribution in [3.8, 4) is 0 Å². The van der Waals surface area contributed by atoms with Crippen molar-refractivity contribution < 1.29 is 29.0 Å². The van der Waals surface area contributed by atoms with E-state index < -0.39 is 23.0 Å². The number of carbonyl (C=O) groups excluding carboxylic acids is 1. The molecule has 0 saturated carbocycles. The topological polar surface area (TPSA) is 108 Å². The van der Waals surface area contributed by atoms with E-state index in [1.54, 1.807) is 0 Å². The van der Waals surface area contributed by atoms with Crippen LogP contribution in [0.15, 0.2) is 0 Å². The van der Waals surface area contributed by atoms with Crippen molar-refractivity contribution in [1.82, 2.24) is 0 Å². The SMILES string of the molecule is COC(=O)CC[13CH](C(O)CCOC1CCCCO1)[N+](=O)[O-]. The predicted octanol–water partition coefficient (Wildman–Crippen LogP) is 0.879. The lowest BCUT2D eigenvalue weighted by Crippen LogP contribution is -2.35. The molecule has 0 aromatic carbocycles. The highest BCUT2D eigenvalue weighted by molar-refractivity contribution is 5.69. The van der Waals surface area contributed by atoms with Crippen LogP contribution < -0.4 is 0 Å². The minimum Gasteiger partial charge on any atom is -0.469 e. The highest BCUT2D eigenvalue weighted by atomic mass is 16.7.